The number of carbonyl (C=O) groups excluding carboxylic acids is 1. The van der Waals surface area contributed by atoms with Crippen LogP contribution in [0.3, 0.4) is 0 Å². The average molecular weight is 460 g/mol. The SMILES string of the molecule is N#CCCCCc1cnn2c(Nc3cccc(C(=O)C(O)c4ccccc4)c3)cc(Cl)nc12. The van der Waals surface area contributed by atoms with Crippen LogP contribution in [0.1, 0.15) is 46.9 Å². The number of fused-ring (bicyclic) bond motifs is 1. The molecule has 0 aliphatic carbocycles. The van der Waals surface area contributed by atoms with Crippen LogP contribution in [-0.4, -0.2) is 25.5 Å². The molecule has 2 aromatic heterocycles. The van der Waals surface area contributed by atoms with Crippen molar-refractivity contribution in [3.8, 4) is 6.07 Å². The minimum Gasteiger partial charge on any atom is -0.380 e. The molecule has 0 fully saturated rings. The second-order valence-corrected chi connectivity index (χ2v) is 8.01. The number of rotatable bonds is 9. The smallest absolute Gasteiger partial charge is 0.195 e. The van der Waals surface area contributed by atoms with Gasteiger partial charge < -0.3 is 10.4 Å². The molecule has 166 valence electrons. The van der Waals surface area contributed by atoms with E-state index >= 15 is 0 Å². The molecule has 8 heteroatoms. The molecule has 1 unspecified atom stereocenters. The van der Waals surface area contributed by atoms with Crippen molar-refractivity contribution < 1.29 is 9.90 Å². The Morgan fingerprint density at radius 2 is 1.97 bits per heavy atom. The number of anilines is 2. The minimum atomic E-state index is -1.24. The molecule has 0 saturated carbocycles. The summed E-state index contributed by atoms with van der Waals surface area (Å²) in [6, 6.07) is 19.6. The van der Waals surface area contributed by atoms with Gasteiger partial charge in [-0.3, -0.25) is 4.79 Å². The first-order chi connectivity index (χ1) is 16.1. The number of carbonyl (C=O) groups is 1. The summed E-state index contributed by atoms with van der Waals surface area (Å²) in [5.41, 5.74) is 3.17. The number of benzene rings is 2. The predicted molar refractivity (Wildman–Crippen MR) is 127 cm³/mol. The number of unbranched alkanes of at least 4 members (excludes halogenated alkanes) is 2. The summed E-state index contributed by atoms with van der Waals surface area (Å²) < 4.78 is 1.67. The van der Waals surface area contributed by atoms with Gasteiger partial charge in [0.15, 0.2) is 11.4 Å². The molecule has 0 radical (unpaired) electrons. The van der Waals surface area contributed by atoms with Gasteiger partial charge in [-0.2, -0.15) is 14.9 Å². The van der Waals surface area contributed by atoms with Crippen molar-refractivity contribution in [3.63, 3.8) is 0 Å². The Kier molecular flexibility index (Phi) is 6.98. The topological polar surface area (TPSA) is 103 Å². The summed E-state index contributed by atoms with van der Waals surface area (Å²) in [4.78, 5) is 17.2. The van der Waals surface area contributed by atoms with Gasteiger partial charge in [0.05, 0.1) is 12.3 Å². The molecule has 0 aliphatic rings. The molecule has 2 heterocycles. The minimum absolute atomic E-state index is 0.315. The second-order valence-electron chi connectivity index (χ2n) is 7.62. The van der Waals surface area contributed by atoms with E-state index in [0.29, 0.717) is 39.9 Å². The zero-order valence-corrected chi connectivity index (χ0v) is 18.5. The number of Topliss-reactive ketones (excluding diaryl/α,β-unsaturated/α-hetero) is 1. The zero-order valence-electron chi connectivity index (χ0n) is 17.8. The van der Waals surface area contributed by atoms with Crippen LogP contribution in [0.15, 0.2) is 66.9 Å². The lowest BCUT2D eigenvalue weighted by molar-refractivity contribution is 0.0747. The number of hydrogen-bond acceptors (Lipinski definition) is 6. The van der Waals surface area contributed by atoms with Gasteiger partial charge in [-0.1, -0.05) is 54.1 Å². The van der Waals surface area contributed by atoms with Gasteiger partial charge in [-0.25, -0.2) is 4.98 Å². The maximum Gasteiger partial charge on any atom is 0.195 e. The Balaban J connectivity index is 1.57. The molecule has 0 spiro atoms. The van der Waals surface area contributed by atoms with E-state index in [1.807, 2.05) is 12.1 Å². The summed E-state index contributed by atoms with van der Waals surface area (Å²) in [5.74, 6) is 0.211. The molecule has 0 bridgehead atoms. The van der Waals surface area contributed by atoms with E-state index in [-0.39, 0.29) is 5.78 Å². The Morgan fingerprint density at radius 3 is 2.76 bits per heavy atom. The van der Waals surface area contributed by atoms with E-state index in [4.69, 9.17) is 16.9 Å². The maximum absolute atomic E-state index is 12.8. The lowest BCUT2D eigenvalue weighted by Crippen LogP contribution is -2.12. The molecule has 1 atom stereocenters. The molecule has 2 N–H and O–H groups in total. The predicted octanol–water partition coefficient (Wildman–Crippen LogP) is 5.28. The van der Waals surface area contributed by atoms with Crippen LogP contribution in [0, 0.1) is 11.3 Å². The van der Waals surface area contributed by atoms with E-state index in [2.05, 4.69) is 21.5 Å². The van der Waals surface area contributed by atoms with Gasteiger partial charge in [0.1, 0.15) is 17.1 Å². The van der Waals surface area contributed by atoms with Crippen molar-refractivity contribution in [2.24, 2.45) is 0 Å². The van der Waals surface area contributed by atoms with Gasteiger partial charge in [0.2, 0.25) is 0 Å². The van der Waals surface area contributed by atoms with Gasteiger partial charge in [-0.05, 0) is 37.0 Å². The average Bonchev–Trinajstić information content (AvgIpc) is 3.24. The normalized spacial score (nSPS) is 11.8. The molecule has 0 saturated heterocycles. The molecule has 7 nitrogen and oxygen atoms in total. The summed E-state index contributed by atoms with van der Waals surface area (Å²) >= 11 is 6.27. The number of aryl methyl sites for hydroxylation is 1. The van der Waals surface area contributed by atoms with E-state index in [0.717, 1.165) is 24.8 Å². The van der Waals surface area contributed by atoms with E-state index < -0.39 is 6.10 Å². The second kappa shape index (κ2) is 10.3. The standard InChI is InChI=1S/C25H22ClN5O2/c26-21-15-22(31-25(30-21)19(16-28-31)10-5-2-6-13-27)29-20-12-7-11-18(14-20)24(33)23(32)17-8-3-1-4-9-17/h1,3-4,7-9,11-12,14-16,23,29,32H,2,5-6,10H2. The van der Waals surface area contributed by atoms with E-state index in [1.165, 1.54) is 0 Å². The molecule has 0 amide bonds. The summed E-state index contributed by atoms with van der Waals surface area (Å²) in [7, 11) is 0. The van der Waals surface area contributed by atoms with Crippen molar-refractivity contribution in [1.29, 1.82) is 5.26 Å². The van der Waals surface area contributed by atoms with Crippen LogP contribution < -0.4 is 5.32 Å². The van der Waals surface area contributed by atoms with Crippen LogP contribution >= 0.6 is 11.6 Å². The number of nitrogens with zero attached hydrogens (tertiary/aromatic N) is 4. The number of ketones is 1. The highest BCUT2D eigenvalue weighted by Crippen LogP contribution is 2.25. The Labute approximate surface area is 196 Å². The van der Waals surface area contributed by atoms with Crippen molar-refractivity contribution in [3.05, 3.63) is 88.7 Å². The first-order valence-electron chi connectivity index (χ1n) is 10.6. The number of nitrogens with one attached hydrogen (secondary N) is 1. The molecule has 2 aromatic carbocycles. The summed E-state index contributed by atoms with van der Waals surface area (Å²) in [5, 5.41) is 27.2. The van der Waals surface area contributed by atoms with E-state index in [1.54, 1.807) is 59.2 Å². The molecule has 0 aliphatic heterocycles. The van der Waals surface area contributed by atoms with Crippen LogP contribution in [0.4, 0.5) is 11.5 Å². The van der Waals surface area contributed by atoms with Gasteiger partial charge in [0, 0.05) is 29.3 Å². The maximum atomic E-state index is 12.8. The highest BCUT2D eigenvalue weighted by molar-refractivity contribution is 6.29. The third kappa shape index (κ3) is 5.20. The van der Waals surface area contributed by atoms with Crippen molar-refractivity contribution in [2.45, 2.75) is 31.8 Å². The molecule has 4 aromatic rings. The highest BCUT2D eigenvalue weighted by Gasteiger charge is 2.19. The number of aliphatic hydroxyl groups excluding tert-OH is 1. The van der Waals surface area contributed by atoms with Crippen molar-refractivity contribution >= 4 is 34.5 Å². The number of halogens is 1. The monoisotopic (exact) mass is 459 g/mol. The van der Waals surface area contributed by atoms with Gasteiger partial charge in [0.25, 0.3) is 0 Å². The molecular formula is C25H22ClN5O2. The quantitative estimate of drug-likeness (QED) is 0.200. The Hall–Kier alpha value is -3.73. The number of aliphatic hydroxyl groups is 1. The third-order valence-corrected chi connectivity index (χ3v) is 5.48. The van der Waals surface area contributed by atoms with Crippen molar-refractivity contribution in [1.82, 2.24) is 14.6 Å². The summed E-state index contributed by atoms with van der Waals surface area (Å²) in [6.45, 7) is 0. The van der Waals surface area contributed by atoms with Gasteiger partial charge >= 0.3 is 0 Å². The molecule has 33 heavy (non-hydrogen) atoms. The van der Waals surface area contributed by atoms with Crippen LogP contribution in [0.2, 0.25) is 5.15 Å². The lowest BCUT2D eigenvalue weighted by atomic mass is 10.00. The van der Waals surface area contributed by atoms with Crippen molar-refractivity contribution in [2.75, 3.05) is 5.32 Å². The number of hydrogen-bond donors (Lipinski definition) is 2. The number of aromatic nitrogens is 3. The zero-order chi connectivity index (χ0) is 23.2. The first kappa shape index (κ1) is 22.5. The fourth-order valence-electron chi connectivity index (χ4n) is 3.61. The summed E-state index contributed by atoms with van der Waals surface area (Å²) in [6.07, 6.45) is 3.47. The fraction of sp³-hybridized carbons (Fsp3) is 0.200. The lowest BCUT2D eigenvalue weighted by Gasteiger charge is -2.13. The van der Waals surface area contributed by atoms with Gasteiger partial charge in [-0.15, -0.1) is 0 Å². The number of nitriles is 1. The highest BCUT2D eigenvalue weighted by atomic mass is 35.5. The third-order valence-electron chi connectivity index (χ3n) is 5.28. The first-order valence-corrected chi connectivity index (χ1v) is 11.0. The Morgan fingerprint density at radius 1 is 1.15 bits per heavy atom. The molecule has 4 rings (SSSR count). The van der Waals surface area contributed by atoms with Crippen LogP contribution in [-0.2, 0) is 6.42 Å². The van der Waals surface area contributed by atoms with Crippen LogP contribution in [0.25, 0.3) is 5.65 Å². The van der Waals surface area contributed by atoms with Crippen LogP contribution in [0.5, 0.6) is 0 Å². The largest absolute Gasteiger partial charge is 0.380 e. The van der Waals surface area contributed by atoms with E-state index in [9.17, 15) is 9.90 Å². The molecular weight excluding hydrogens is 438 g/mol. The Bertz CT molecular complexity index is 1310. The fourth-order valence-corrected chi connectivity index (χ4v) is 3.79.